The van der Waals surface area contributed by atoms with Crippen molar-refractivity contribution in [1.29, 1.82) is 0 Å². The maximum Gasteiger partial charge on any atom is 0.418 e. The van der Waals surface area contributed by atoms with E-state index in [0.717, 1.165) is 6.07 Å². The summed E-state index contributed by atoms with van der Waals surface area (Å²) in [6.07, 6.45) is -4.34. The predicted molar refractivity (Wildman–Crippen MR) is 74.1 cm³/mol. The molecular formula is C14H17BrF3N. The molecule has 0 amide bonds. The predicted octanol–water partition coefficient (Wildman–Crippen LogP) is 5.31. The highest BCUT2D eigenvalue weighted by Gasteiger charge is 2.65. The molecule has 0 aliphatic heterocycles. The Bertz CT molecular complexity index is 492. The van der Waals surface area contributed by atoms with Crippen molar-refractivity contribution in [3.63, 3.8) is 0 Å². The Morgan fingerprint density at radius 1 is 1.11 bits per heavy atom. The summed E-state index contributed by atoms with van der Waals surface area (Å²) in [5, 5.41) is 3.06. The standard InChI is InChI=1S/C14H17BrF3N/c1-12(2)11(13(12,3)4)19-10-7-8(15)5-6-9(10)14(16,17)18/h5-7,11,19H,1-4H3. The van der Waals surface area contributed by atoms with Gasteiger partial charge in [-0.15, -0.1) is 0 Å². The fourth-order valence-corrected chi connectivity index (χ4v) is 2.96. The molecule has 0 aromatic heterocycles. The molecule has 1 saturated carbocycles. The van der Waals surface area contributed by atoms with E-state index in [9.17, 15) is 13.2 Å². The minimum atomic E-state index is -4.34. The van der Waals surface area contributed by atoms with E-state index in [1.165, 1.54) is 12.1 Å². The molecule has 19 heavy (non-hydrogen) atoms. The van der Waals surface area contributed by atoms with E-state index in [2.05, 4.69) is 48.9 Å². The molecule has 0 unspecified atom stereocenters. The van der Waals surface area contributed by atoms with Crippen molar-refractivity contribution in [2.75, 3.05) is 5.32 Å². The molecule has 0 atom stereocenters. The molecule has 1 N–H and O–H groups in total. The van der Waals surface area contributed by atoms with Gasteiger partial charge in [0.1, 0.15) is 0 Å². The van der Waals surface area contributed by atoms with Crippen molar-refractivity contribution in [2.45, 2.75) is 39.9 Å². The molecule has 1 nitrogen and oxygen atoms in total. The van der Waals surface area contributed by atoms with Crippen LogP contribution in [0.3, 0.4) is 0 Å². The molecule has 0 radical (unpaired) electrons. The number of hydrogen-bond acceptors (Lipinski definition) is 1. The highest BCUT2D eigenvalue weighted by molar-refractivity contribution is 9.10. The molecule has 106 valence electrons. The van der Waals surface area contributed by atoms with Gasteiger partial charge in [0.05, 0.1) is 5.56 Å². The number of nitrogens with one attached hydrogen (secondary N) is 1. The molecule has 1 fully saturated rings. The van der Waals surface area contributed by atoms with E-state index >= 15 is 0 Å². The van der Waals surface area contributed by atoms with Gasteiger partial charge in [0, 0.05) is 16.2 Å². The highest BCUT2D eigenvalue weighted by atomic mass is 79.9. The maximum atomic E-state index is 13.0. The Kier molecular flexibility index (Phi) is 3.20. The summed E-state index contributed by atoms with van der Waals surface area (Å²) in [4.78, 5) is 0. The highest BCUT2D eigenvalue weighted by Crippen LogP contribution is 2.64. The first kappa shape index (κ1) is 14.7. The summed E-state index contributed by atoms with van der Waals surface area (Å²) in [7, 11) is 0. The molecule has 0 bridgehead atoms. The number of alkyl halides is 3. The Hall–Kier alpha value is -0.710. The largest absolute Gasteiger partial charge is 0.418 e. The van der Waals surface area contributed by atoms with Crippen molar-refractivity contribution in [3.8, 4) is 0 Å². The van der Waals surface area contributed by atoms with Crippen molar-refractivity contribution in [3.05, 3.63) is 28.2 Å². The maximum absolute atomic E-state index is 13.0. The normalized spacial score (nSPS) is 21.3. The molecule has 0 heterocycles. The zero-order valence-electron chi connectivity index (χ0n) is 11.3. The first-order valence-electron chi connectivity index (χ1n) is 6.11. The zero-order chi connectivity index (χ0) is 14.6. The Morgan fingerprint density at radius 3 is 2.05 bits per heavy atom. The van der Waals surface area contributed by atoms with Crippen molar-refractivity contribution in [2.24, 2.45) is 10.8 Å². The molecule has 1 aliphatic rings. The lowest BCUT2D eigenvalue weighted by molar-refractivity contribution is -0.137. The van der Waals surface area contributed by atoms with E-state index in [-0.39, 0.29) is 22.6 Å². The molecule has 1 aromatic rings. The van der Waals surface area contributed by atoms with E-state index in [4.69, 9.17) is 0 Å². The van der Waals surface area contributed by atoms with Crippen LogP contribution in [-0.2, 0) is 6.18 Å². The van der Waals surface area contributed by atoms with E-state index in [1.807, 2.05) is 0 Å². The summed E-state index contributed by atoms with van der Waals surface area (Å²) in [5.41, 5.74) is -0.504. The van der Waals surface area contributed by atoms with Gasteiger partial charge in [-0.2, -0.15) is 13.2 Å². The Labute approximate surface area is 119 Å². The molecule has 2 rings (SSSR count). The lowest BCUT2D eigenvalue weighted by atomic mass is 10.0. The Balaban J connectivity index is 2.34. The van der Waals surface area contributed by atoms with Gasteiger partial charge >= 0.3 is 6.18 Å². The second kappa shape index (κ2) is 4.14. The number of benzene rings is 1. The van der Waals surface area contributed by atoms with Gasteiger partial charge in [-0.1, -0.05) is 43.6 Å². The van der Waals surface area contributed by atoms with Crippen molar-refractivity contribution < 1.29 is 13.2 Å². The van der Waals surface area contributed by atoms with Gasteiger partial charge in [0.15, 0.2) is 0 Å². The first-order chi connectivity index (χ1) is 8.48. The number of rotatable bonds is 2. The third-order valence-electron chi connectivity index (χ3n) is 4.61. The van der Waals surface area contributed by atoms with Crippen LogP contribution < -0.4 is 5.32 Å². The molecule has 1 aromatic carbocycles. The van der Waals surface area contributed by atoms with E-state index < -0.39 is 11.7 Å². The van der Waals surface area contributed by atoms with Gasteiger partial charge in [-0.25, -0.2) is 0 Å². The fourth-order valence-electron chi connectivity index (χ4n) is 2.60. The third-order valence-corrected chi connectivity index (χ3v) is 5.10. The third kappa shape index (κ3) is 2.37. The Morgan fingerprint density at radius 2 is 1.63 bits per heavy atom. The quantitative estimate of drug-likeness (QED) is 0.771. The van der Waals surface area contributed by atoms with Crippen LogP contribution in [0.2, 0.25) is 0 Å². The van der Waals surface area contributed by atoms with E-state index in [1.54, 1.807) is 0 Å². The van der Waals surface area contributed by atoms with Crippen molar-refractivity contribution in [1.82, 2.24) is 0 Å². The monoisotopic (exact) mass is 335 g/mol. The average molecular weight is 336 g/mol. The van der Waals surface area contributed by atoms with E-state index in [0.29, 0.717) is 4.47 Å². The van der Waals surface area contributed by atoms with Crippen LogP contribution in [-0.4, -0.2) is 6.04 Å². The summed E-state index contributed by atoms with van der Waals surface area (Å²) in [6, 6.07) is 4.05. The molecular weight excluding hydrogens is 319 g/mol. The lowest BCUT2D eigenvalue weighted by Crippen LogP contribution is -2.15. The van der Waals surface area contributed by atoms with Crippen LogP contribution >= 0.6 is 15.9 Å². The minimum absolute atomic E-state index is 0.0157. The van der Waals surface area contributed by atoms with Crippen LogP contribution in [0.1, 0.15) is 33.3 Å². The summed E-state index contributed by atoms with van der Waals surface area (Å²) in [5.74, 6) is 0. The molecule has 5 heteroatoms. The van der Waals surface area contributed by atoms with Crippen LogP contribution in [0.25, 0.3) is 0 Å². The second-order valence-electron chi connectivity index (χ2n) is 6.21. The van der Waals surface area contributed by atoms with Gasteiger partial charge in [-0.3, -0.25) is 0 Å². The molecule has 0 spiro atoms. The topological polar surface area (TPSA) is 12.0 Å². The summed E-state index contributed by atoms with van der Waals surface area (Å²) in [6.45, 7) is 8.26. The number of anilines is 1. The fraction of sp³-hybridized carbons (Fsp3) is 0.571. The number of halogens is 4. The van der Waals surface area contributed by atoms with Crippen molar-refractivity contribution >= 4 is 21.6 Å². The van der Waals surface area contributed by atoms with Crippen LogP contribution in [0, 0.1) is 10.8 Å². The lowest BCUT2D eigenvalue weighted by Gasteiger charge is -2.16. The summed E-state index contributed by atoms with van der Waals surface area (Å²) >= 11 is 3.22. The van der Waals surface area contributed by atoms with Crippen LogP contribution in [0.15, 0.2) is 22.7 Å². The minimum Gasteiger partial charge on any atom is -0.381 e. The van der Waals surface area contributed by atoms with Crippen LogP contribution in [0.5, 0.6) is 0 Å². The smallest absolute Gasteiger partial charge is 0.381 e. The zero-order valence-corrected chi connectivity index (χ0v) is 12.9. The van der Waals surface area contributed by atoms with Crippen LogP contribution in [0.4, 0.5) is 18.9 Å². The molecule has 0 saturated heterocycles. The van der Waals surface area contributed by atoms with Gasteiger partial charge in [-0.05, 0) is 29.0 Å². The van der Waals surface area contributed by atoms with Gasteiger partial charge in [0.25, 0.3) is 0 Å². The average Bonchev–Trinajstić information content (AvgIpc) is 2.59. The van der Waals surface area contributed by atoms with Gasteiger partial charge < -0.3 is 5.32 Å². The first-order valence-corrected chi connectivity index (χ1v) is 6.90. The molecule has 1 aliphatic carbocycles. The van der Waals surface area contributed by atoms with Gasteiger partial charge in [0.2, 0.25) is 0 Å². The second-order valence-corrected chi connectivity index (χ2v) is 7.12. The summed E-state index contributed by atoms with van der Waals surface area (Å²) < 4.78 is 39.6. The number of hydrogen-bond donors (Lipinski definition) is 1. The SMILES string of the molecule is CC1(C)C(Nc2cc(Br)ccc2C(F)(F)F)C1(C)C.